The fourth-order valence-corrected chi connectivity index (χ4v) is 5.24. The van der Waals surface area contributed by atoms with Gasteiger partial charge in [0.25, 0.3) is 5.91 Å². The van der Waals surface area contributed by atoms with Crippen LogP contribution in [0.4, 0.5) is 0 Å². The third-order valence-corrected chi connectivity index (χ3v) is 7.28. The Labute approximate surface area is 192 Å². The first-order valence-electron chi connectivity index (χ1n) is 10.9. The van der Waals surface area contributed by atoms with E-state index < -0.39 is 6.04 Å². The van der Waals surface area contributed by atoms with E-state index in [1.165, 1.54) is 22.7 Å². The van der Waals surface area contributed by atoms with Crippen LogP contribution >= 0.6 is 22.7 Å². The molecule has 3 amide bonds. The van der Waals surface area contributed by atoms with Gasteiger partial charge in [-0.05, 0) is 48.1 Å². The Morgan fingerprint density at radius 3 is 2.42 bits per heavy atom. The first-order valence-corrected chi connectivity index (χ1v) is 12.7. The van der Waals surface area contributed by atoms with Crippen LogP contribution in [0.15, 0.2) is 35.0 Å². The maximum absolute atomic E-state index is 13.3. The summed E-state index contributed by atoms with van der Waals surface area (Å²) in [6, 6.07) is 6.84. The molecule has 168 valence electrons. The van der Waals surface area contributed by atoms with Crippen molar-refractivity contribution in [3.8, 4) is 0 Å². The minimum absolute atomic E-state index is 0.129. The first-order chi connectivity index (χ1) is 15.0. The fraction of sp³-hybridized carbons (Fsp3) is 0.522. The van der Waals surface area contributed by atoms with Crippen molar-refractivity contribution in [1.82, 2.24) is 15.5 Å². The van der Waals surface area contributed by atoms with E-state index in [0.29, 0.717) is 17.3 Å². The van der Waals surface area contributed by atoms with E-state index in [4.69, 9.17) is 0 Å². The summed E-state index contributed by atoms with van der Waals surface area (Å²) in [7, 11) is 0. The standard InChI is InChI=1S/C23H31N3O3S2/c1-16(2)11-12-26(20(27)15-24-22(28)19-10-6-14-31-19)21(18-9-5-13-30-18)23(29)25-17-7-3-4-8-17/h5-6,9-10,13-14,16-17,21H,3-4,7-8,11-12,15H2,1-2H3,(H,24,28)(H,25,29). The maximum atomic E-state index is 13.3. The quantitative estimate of drug-likeness (QED) is 0.556. The van der Waals surface area contributed by atoms with Gasteiger partial charge >= 0.3 is 0 Å². The molecule has 2 aromatic rings. The van der Waals surface area contributed by atoms with Crippen molar-refractivity contribution >= 4 is 40.4 Å². The van der Waals surface area contributed by atoms with E-state index in [1.807, 2.05) is 22.9 Å². The van der Waals surface area contributed by atoms with Gasteiger partial charge in [0.05, 0.1) is 11.4 Å². The summed E-state index contributed by atoms with van der Waals surface area (Å²) >= 11 is 2.81. The molecule has 2 N–H and O–H groups in total. The topological polar surface area (TPSA) is 78.5 Å². The highest BCUT2D eigenvalue weighted by Crippen LogP contribution is 2.28. The molecular formula is C23H31N3O3S2. The van der Waals surface area contributed by atoms with Gasteiger partial charge in [0.15, 0.2) is 0 Å². The monoisotopic (exact) mass is 461 g/mol. The molecule has 1 aliphatic carbocycles. The Bertz CT molecular complexity index is 844. The average Bonchev–Trinajstić information content (AvgIpc) is 3.51. The first kappa shape index (κ1) is 23.5. The van der Waals surface area contributed by atoms with Crippen molar-refractivity contribution in [1.29, 1.82) is 0 Å². The number of carbonyl (C=O) groups excluding carboxylic acids is 3. The van der Waals surface area contributed by atoms with Crippen LogP contribution in [0.5, 0.6) is 0 Å². The second-order valence-electron chi connectivity index (χ2n) is 8.34. The number of amides is 3. The number of nitrogens with zero attached hydrogens (tertiary/aromatic N) is 1. The zero-order valence-electron chi connectivity index (χ0n) is 18.1. The second kappa shape index (κ2) is 11.4. The molecule has 8 heteroatoms. The van der Waals surface area contributed by atoms with E-state index in [1.54, 1.807) is 17.0 Å². The van der Waals surface area contributed by atoms with Crippen molar-refractivity contribution in [2.24, 2.45) is 5.92 Å². The molecule has 1 unspecified atom stereocenters. The van der Waals surface area contributed by atoms with Crippen LogP contribution < -0.4 is 10.6 Å². The zero-order chi connectivity index (χ0) is 22.2. The normalized spacial score (nSPS) is 15.1. The highest BCUT2D eigenvalue weighted by atomic mass is 32.1. The van der Waals surface area contributed by atoms with Crippen LogP contribution in [-0.2, 0) is 9.59 Å². The summed E-state index contributed by atoms with van der Waals surface area (Å²) in [6.07, 6.45) is 5.00. The molecule has 1 aliphatic rings. The number of nitrogens with one attached hydrogen (secondary N) is 2. The molecule has 3 rings (SSSR count). The van der Waals surface area contributed by atoms with E-state index in [2.05, 4.69) is 24.5 Å². The second-order valence-corrected chi connectivity index (χ2v) is 10.3. The number of carbonyl (C=O) groups is 3. The molecular weight excluding hydrogens is 430 g/mol. The maximum Gasteiger partial charge on any atom is 0.261 e. The van der Waals surface area contributed by atoms with E-state index in [0.717, 1.165) is 37.0 Å². The van der Waals surface area contributed by atoms with E-state index in [-0.39, 0.29) is 30.3 Å². The van der Waals surface area contributed by atoms with Crippen LogP contribution in [0.3, 0.4) is 0 Å². The van der Waals surface area contributed by atoms with Crippen molar-refractivity contribution in [2.45, 2.75) is 58.0 Å². The molecule has 1 saturated carbocycles. The minimum atomic E-state index is -0.675. The smallest absolute Gasteiger partial charge is 0.261 e. The molecule has 0 saturated heterocycles. The molecule has 0 bridgehead atoms. The summed E-state index contributed by atoms with van der Waals surface area (Å²) in [5.74, 6) is -0.255. The van der Waals surface area contributed by atoms with E-state index >= 15 is 0 Å². The SMILES string of the molecule is CC(C)CCN(C(=O)CNC(=O)c1cccs1)C(C(=O)NC1CCCC1)c1cccs1. The van der Waals surface area contributed by atoms with Gasteiger partial charge in [0.1, 0.15) is 6.04 Å². The molecule has 6 nitrogen and oxygen atoms in total. The van der Waals surface area contributed by atoms with Gasteiger partial charge in [-0.2, -0.15) is 0 Å². The summed E-state index contributed by atoms with van der Waals surface area (Å²) in [5, 5.41) is 9.63. The lowest BCUT2D eigenvalue weighted by molar-refractivity contribution is -0.140. The minimum Gasteiger partial charge on any atom is -0.351 e. The van der Waals surface area contributed by atoms with Crippen molar-refractivity contribution in [3.05, 3.63) is 44.8 Å². The summed E-state index contributed by atoms with van der Waals surface area (Å²) in [4.78, 5) is 41.9. The van der Waals surface area contributed by atoms with Gasteiger partial charge in [-0.25, -0.2) is 0 Å². The Kier molecular flexibility index (Phi) is 8.66. The average molecular weight is 462 g/mol. The largest absolute Gasteiger partial charge is 0.351 e. The van der Waals surface area contributed by atoms with Gasteiger partial charge in [-0.15, -0.1) is 22.7 Å². The van der Waals surface area contributed by atoms with Gasteiger partial charge < -0.3 is 15.5 Å². The van der Waals surface area contributed by atoms with Gasteiger partial charge in [0, 0.05) is 17.5 Å². The Hall–Kier alpha value is -2.19. The Balaban J connectivity index is 1.76. The lowest BCUT2D eigenvalue weighted by atomic mass is 10.1. The van der Waals surface area contributed by atoms with Gasteiger partial charge in [-0.1, -0.05) is 38.8 Å². The number of rotatable bonds is 10. The van der Waals surface area contributed by atoms with Crippen molar-refractivity contribution in [2.75, 3.05) is 13.1 Å². The summed E-state index contributed by atoms with van der Waals surface area (Å²) < 4.78 is 0. The Morgan fingerprint density at radius 1 is 1.10 bits per heavy atom. The van der Waals surface area contributed by atoms with Gasteiger partial charge in [0.2, 0.25) is 11.8 Å². The van der Waals surface area contributed by atoms with Crippen LogP contribution in [-0.4, -0.2) is 41.8 Å². The van der Waals surface area contributed by atoms with Crippen molar-refractivity contribution in [3.63, 3.8) is 0 Å². The van der Waals surface area contributed by atoms with Crippen LogP contribution in [0, 0.1) is 5.92 Å². The number of hydrogen-bond acceptors (Lipinski definition) is 5. The highest BCUT2D eigenvalue weighted by molar-refractivity contribution is 7.12. The lowest BCUT2D eigenvalue weighted by Gasteiger charge is -2.32. The van der Waals surface area contributed by atoms with E-state index in [9.17, 15) is 14.4 Å². The number of thiophene rings is 2. The molecule has 2 aromatic heterocycles. The molecule has 0 spiro atoms. The van der Waals surface area contributed by atoms with Gasteiger partial charge in [-0.3, -0.25) is 14.4 Å². The molecule has 0 aromatic carbocycles. The predicted molar refractivity (Wildman–Crippen MR) is 125 cm³/mol. The highest BCUT2D eigenvalue weighted by Gasteiger charge is 2.33. The van der Waals surface area contributed by atoms with Crippen LogP contribution in [0.1, 0.15) is 66.5 Å². The third kappa shape index (κ3) is 6.64. The number of hydrogen-bond donors (Lipinski definition) is 2. The molecule has 0 aliphatic heterocycles. The molecule has 0 radical (unpaired) electrons. The molecule has 1 fully saturated rings. The van der Waals surface area contributed by atoms with Crippen molar-refractivity contribution < 1.29 is 14.4 Å². The fourth-order valence-electron chi connectivity index (χ4n) is 3.77. The lowest BCUT2D eigenvalue weighted by Crippen LogP contribution is -2.49. The summed E-state index contributed by atoms with van der Waals surface area (Å²) in [5.41, 5.74) is 0. The predicted octanol–water partition coefficient (Wildman–Crippen LogP) is 4.21. The molecule has 2 heterocycles. The third-order valence-electron chi connectivity index (χ3n) is 5.49. The van der Waals surface area contributed by atoms with Crippen LogP contribution in [0.25, 0.3) is 0 Å². The Morgan fingerprint density at radius 2 is 1.81 bits per heavy atom. The summed E-state index contributed by atoms with van der Waals surface area (Å²) in [6.45, 7) is 4.53. The van der Waals surface area contributed by atoms with Crippen LogP contribution in [0.2, 0.25) is 0 Å². The molecule has 1 atom stereocenters. The molecule has 31 heavy (non-hydrogen) atoms. The zero-order valence-corrected chi connectivity index (χ0v) is 19.8.